The van der Waals surface area contributed by atoms with Crippen LogP contribution in [-0.4, -0.2) is 87.7 Å². The van der Waals surface area contributed by atoms with E-state index < -0.39 is 0 Å². The number of hydrogen-bond donors (Lipinski definition) is 1. The Morgan fingerprint density at radius 3 is 2.48 bits per heavy atom. The van der Waals surface area contributed by atoms with E-state index in [0.29, 0.717) is 0 Å². The lowest BCUT2D eigenvalue weighted by atomic mass is 9.96. The number of guanidine groups is 1. The summed E-state index contributed by atoms with van der Waals surface area (Å²) in [6, 6.07) is 10.4. The molecule has 0 spiro atoms. The first-order valence-electron chi connectivity index (χ1n) is 11.3. The maximum Gasteiger partial charge on any atom is 0.244 e. The minimum Gasteiger partial charge on any atom is -0.381 e. The monoisotopic (exact) mass is 543 g/mol. The van der Waals surface area contributed by atoms with E-state index >= 15 is 0 Å². The molecule has 0 saturated carbocycles. The summed E-state index contributed by atoms with van der Waals surface area (Å²) in [6.45, 7) is 9.00. The Morgan fingerprint density at radius 2 is 1.84 bits per heavy atom. The largest absolute Gasteiger partial charge is 0.381 e. The number of anilines is 1. The summed E-state index contributed by atoms with van der Waals surface area (Å²) in [5.74, 6) is 1.66. The van der Waals surface area contributed by atoms with Crippen molar-refractivity contribution in [1.29, 1.82) is 0 Å². The summed E-state index contributed by atoms with van der Waals surface area (Å²) in [5.41, 5.74) is 1.23. The number of para-hydroxylation sites is 1. The molecule has 1 amide bonds. The highest BCUT2D eigenvalue weighted by atomic mass is 127. The van der Waals surface area contributed by atoms with Gasteiger partial charge in [-0.2, -0.15) is 0 Å². The van der Waals surface area contributed by atoms with Crippen LogP contribution in [0.4, 0.5) is 5.69 Å². The molecule has 31 heavy (non-hydrogen) atoms. The normalized spacial score (nSPS) is 17.8. The quantitative estimate of drug-likeness (QED) is 0.326. The number of ether oxygens (including phenoxy) is 1. The number of benzene rings is 1. The zero-order chi connectivity index (χ0) is 21.2. The lowest BCUT2D eigenvalue weighted by Gasteiger charge is -2.36. The minimum atomic E-state index is 0. The number of aliphatic imine (C=N–C) groups is 1. The van der Waals surface area contributed by atoms with Gasteiger partial charge in [0.05, 0.1) is 0 Å². The van der Waals surface area contributed by atoms with Crippen LogP contribution in [0, 0.1) is 5.92 Å². The van der Waals surface area contributed by atoms with Crippen molar-refractivity contribution in [2.24, 2.45) is 10.9 Å². The van der Waals surface area contributed by atoms with Crippen LogP contribution in [-0.2, 0) is 9.53 Å². The van der Waals surface area contributed by atoms with Crippen LogP contribution in [0.15, 0.2) is 35.3 Å². The Hall–Kier alpha value is -1.55. The lowest BCUT2D eigenvalue weighted by molar-refractivity contribution is -0.129. The molecule has 1 aromatic rings. The SMILES string of the molecule is CCNC(=NCC(=O)N1CCN(c2ccccc2)CC1)N(C)CCC1CCOCC1.I. The van der Waals surface area contributed by atoms with Gasteiger partial charge in [-0.15, -0.1) is 24.0 Å². The average molecular weight is 543 g/mol. The molecule has 0 bridgehead atoms. The fourth-order valence-corrected chi connectivity index (χ4v) is 4.08. The first-order valence-corrected chi connectivity index (χ1v) is 11.3. The number of halogens is 1. The number of piperazine rings is 1. The first kappa shape index (κ1) is 25.7. The zero-order valence-corrected chi connectivity index (χ0v) is 21.3. The maximum absolute atomic E-state index is 12.7. The summed E-state index contributed by atoms with van der Waals surface area (Å²) in [5, 5.41) is 3.33. The van der Waals surface area contributed by atoms with Crippen molar-refractivity contribution in [3.05, 3.63) is 30.3 Å². The number of nitrogens with zero attached hydrogens (tertiary/aromatic N) is 4. The first-order chi connectivity index (χ1) is 14.7. The van der Waals surface area contributed by atoms with Crippen LogP contribution in [0.3, 0.4) is 0 Å². The molecule has 0 atom stereocenters. The van der Waals surface area contributed by atoms with Crippen molar-refractivity contribution in [3.8, 4) is 0 Å². The summed E-state index contributed by atoms with van der Waals surface area (Å²) in [7, 11) is 2.06. The molecule has 1 aromatic carbocycles. The molecule has 2 fully saturated rings. The van der Waals surface area contributed by atoms with Crippen LogP contribution >= 0.6 is 24.0 Å². The molecule has 0 unspecified atom stereocenters. The van der Waals surface area contributed by atoms with E-state index in [1.165, 1.54) is 5.69 Å². The molecular formula is C23H38IN5O2. The molecule has 7 nitrogen and oxygen atoms in total. The van der Waals surface area contributed by atoms with Gasteiger partial charge < -0.3 is 24.8 Å². The van der Waals surface area contributed by atoms with E-state index in [9.17, 15) is 4.79 Å². The van der Waals surface area contributed by atoms with Gasteiger partial charge in [0.15, 0.2) is 5.96 Å². The van der Waals surface area contributed by atoms with E-state index in [1.807, 2.05) is 11.0 Å². The van der Waals surface area contributed by atoms with Crippen LogP contribution in [0.25, 0.3) is 0 Å². The van der Waals surface area contributed by atoms with Gasteiger partial charge in [0.2, 0.25) is 5.91 Å². The number of amides is 1. The minimum absolute atomic E-state index is 0. The van der Waals surface area contributed by atoms with Crippen molar-refractivity contribution < 1.29 is 9.53 Å². The van der Waals surface area contributed by atoms with E-state index in [4.69, 9.17) is 4.74 Å². The molecule has 174 valence electrons. The van der Waals surface area contributed by atoms with Crippen molar-refractivity contribution in [2.75, 3.05) is 71.0 Å². The Morgan fingerprint density at radius 1 is 1.16 bits per heavy atom. The maximum atomic E-state index is 12.7. The van der Waals surface area contributed by atoms with Gasteiger partial charge in [-0.3, -0.25) is 4.79 Å². The van der Waals surface area contributed by atoms with Gasteiger partial charge in [0, 0.05) is 65.2 Å². The van der Waals surface area contributed by atoms with Crippen LogP contribution in [0.5, 0.6) is 0 Å². The second-order valence-corrected chi connectivity index (χ2v) is 8.14. The zero-order valence-electron chi connectivity index (χ0n) is 19.0. The van der Waals surface area contributed by atoms with Crippen molar-refractivity contribution in [3.63, 3.8) is 0 Å². The smallest absolute Gasteiger partial charge is 0.244 e. The number of nitrogens with one attached hydrogen (secondary N) is 1. The van der Waals surface area contributed by atoms with Gasteiger partial charge in [-0.25, -0.2) is 4.99 Å². The molecule has 0 aliphatic carbocycles. The highest BCUT2D eigenvalue weighted by Gasteiger charge is 2.21. The Kier molecular flexibility index (Phi) is 11.4. The Labute approximate surface area is 204 Å². The highest BCUT2D eigenvalue weighted by Crippen LogP contribution is 2.18. The lowest BCUT2D eigenvalue weighted by Crippen LogP contribution is -2.49. The van der Waals surface area contributed by atoms with E-state index in [2.05, 4.69) is 58.3 Å². The second-order valence-electron chi connectivity index (χ2n) is 8.14. The predicted molar refractivity (Wildman–Crippen MR) is 137 cm³/mol. The van der Waals surface area contributed by atoms with Gasteiger partial charge >= 0.3 is 0 Å². The van der Waals surface area contributed by atoms with Gasteiger partial charge in [0.25, 0.3) is 0 Å². The van der Waals surface area contributed by atoms with E-state index in [-0.39, 0.29) is 36.4 Å². The Balaban J connectivity index is 0.00000341. The summed E-state index contributed by atoms with van der Waals surface area (Å²) in [6.07, 6.45) is 3.43. The summed E-state index contributed by atoms with van der Waals surface area (Å²) >= 11 is 0. The number of rotatable bonds is 7. The van der Waals surface area contributed by atoms with Crippen LogP contribution < -0.4 is 10.2 Å². The number of carbonyl (C=O) groups is 1. The molecular weight excluding hydrogens is 505 g/mol. The van der Waals surface area contributed by atoms with Crippen molar-refractivity contribution in [1.82, 2.24) is 15.1 Å². The highest BCUT2D eigenvalue weighted by molar-refractivity contribution is 14.0. The van der Waals surface area contributed by atoms with Crippen LogP contribution in [0.2, 0.25) is 0 Å². The van der Waals surface area contributed by atoms with Crippen molar-refractivity contribution in [2.45, 2.75) is 26.2 Å². The second kappa shape index (κ2) is 13.8. The van der Waals surface area contributed by atoms with E-state index in [0.717, 1.165) is 83.6 Å². The molecule has 0 radical (unpaired) electrons. The molecule has 2 saturated heterocycles. The fraction of sp³-hybridized carbons (Fsp3) is 0.652. The number of hydrogen-bond acceptors (Lipinski definition) is 4. The Bertz CT molecular complexity index is 674. The third-order valence-electron chi connectivity index (χ3n) is 6.03. The van der Waals surface area contributed by atoms with Crippen LogP contribution in [0.1, 0.15) is 26.2 Å². The number of carbonyl (C=O) groups excluding carboxylic acids is 1. The van der Waals surface area contributed by atoms with Crippen molar-refractivity contribution >= 4 is 41.5 Å². The fourth-order valence-electron chi connectivity index (χ4n) is 4.08. The molecule has 3 rings (SSSR count). The predicted octanol–water partition coefficient (Wildman–Crippen LogP) is 2.67. The third kappa shape index (κ3) is 8.14. The molecule has 0 aromatic heterocycles. The standard InChI is InChI=1S/C23H37N5O2.HI/c1-3-24-23(26(2)12-9-20-10-17-30-18-11-20)25-19-22(29)28-15-13-27(14-16-28)21-7-5-4-6-8-21;/h4-8,20H,3,9-19H2,1-2H3,(H,24,25);1H. The average Bonchev–Trinajstić information content (AvgIpc) is 2.81. The summed E-state index contributed by atoms with van der Waals surface area (Å²) < 4.78 is 5.45. The molecule has 1 N–H and O–H groups in total. The van der Waals surface area contributed by atoms with Gasteiger partial charge in [-0.1, -0.05) is 18.2 Å². The molecule has 2 aliphatic rings. The van der Waals surface area contributed by atoms with E-state index in [1.54, 1.807) is 0 Å². The summed E-state index contributed by atoms with van der Waals surface area (Å²) in [4.78, 5) is 23.8. The molecule has 8 heteroatoms. The molecule has 2 heterocycles. The van der Waals surface area contributed by atoms with Gasteiger partial charge in [0.1, 0.15) is 6.54 Å². The molecule has 2 aliphatic heterocycles. The third-order valence-corrected chi connectivity index (χ3v) is 6.03. The topological polar surface area (TPSA) is 60.4 Å². The van der Waals surface area contributed by atoms with Gasteiger partial charge in [-0.05, 0) is 44.2 Å².